The predicted molar refractivity (Wildman–Crippen MR) is 85.5 cm³/mol. The monoisotopic (exact) mass is 277 g/mol. The molecular formula is C17H27NO2. The Kier molecular flexibility index (Phi) is 7.16. The van der Waals surface area contributed by atoms with Crippen LogP contribution in [0.15, 0.2) is 23.8 Å². The van der Waals surface area contributed by atoms with Crippen LogP contribution in [-0.2, 0) is 0 Å². The van der Waals surface area contributed by atoms with Crippen LogP contribution in [0.5, 0.6) is 11.5 Å². The Morgan fingerprint density at radius 3 is 2.65 bits per heavy atom. The molecule has 0 atom stereocenters. The number of ether oxygens (including phenoxy) is 2. The van der Waals surface area contributed by atoms with Crippen molar-refractivity contribution in [3.63, 3.8) is 0 Å². The third-order valence-electron chi connectivity index (χ3n) is 2.86. The second-order valence-electron chi connectivity index (χ2n) is 5.36. The van der Waals surface area contributed by atoms with Gasteiger partial charge in [0.05, 0.1) is 13.7 Å². The number of hydrogen-bond acceptors (Lipinski definition) is 3. The lowest BCUT2D eigenvalue weighted by Gasteiger charge is -2.11. The quantitative estimate of drug-likeness (QED) is 0.785. The first kappa shape index (κ1) is 16.6. The summed E-state index contributed by atoms with van der Waals surface area (Å²) in [6.45, 7) is 11.1. The fraction of sp³-hybridized carbons (Fsp3) is 0.529. The van der Waals surface area contributed by atoms with Crippen molar-refractivity contribution in [3.8, 4) is 11.5 Å². The minimum atomic E-state index is 0.643. The summed E-state index contributed by atoms with van der Waals surface area (Å²) in [7, 11) is 1.67. The van der Waals surface area contributed by atoms with Gasteiger partial charge >= 0.3 is 0 Å². The average Bonchev–Trinajstić information content (AvgIpc) is 2.40. The molecule has 3 nitrogen and oxygen atoms in total. The molecule has 0 unspecified atom stereocenters. The van der Waals surface area contributed by atoms with Crippen molar-refractivity contribution >= 4 is 6.08 Å². The molecule has 0 aliphatic carbocycles. The summed E-state index contributed by atoms with van der Waals surface area (Å²) in [4.78, 5) is 0. The molecule has 0 saturated heterocycles. The summed E-state index contributed by atoms with van der Waals surface area (Å²) >= 11 is 0. The maximum absolute atomic E-state index is 5.52. The number of benzene rings is 1. The van der Waals surface area contributed by atoms with Gasteiger partial charge in [0.15, 0.2) is 11.5 Å². The third kappa shape index (κ3) is 5.66. The van der Waals surface area contributed by atoms with E-state index in [1.807, 2.05) is 19.1 Å². The highest BCUT2D eigenvalue weighted by Gasteiger charge is 2.04. The molecule has 3 heteroatoms. The minimum Gasteiger partial charge on any atom is -0.493 e. The molecule has 0 spiro atoms. The molecule has 0 aliphatic rings. The molecule has 0 aromatic heterocycles. The zero-order chi connectivity index (χ0) is 15.0. The summed E-state index contributed by atoms with van der Waals surface area (Å²) in [5, 5.41) is 3.44. The van der Waals surface area contributed by atoms with Crippen LogP contribution in [0.1, 0.15) is 33.3 Å². The standard InChI is InChI=1S/C17H27NO2/c1-6-20-16-8-7-15(10-17(16)19-5)9-14(4)12-18-11-13(2)3/h7-10,13,18H,6,11-12H2,1-5H3. The van der Waals surface area contributed by atoms with Crippen LogP contribution in [0, 0.1) is 5.92 Å². The molecule has 1 aromatic rings. The van der Waals surface area contributed by atoms with Crippen LogP contribution in [0.25, 0.3) is 6.08 Å². The van der Waals surface area contributed by atoms with Gasteiger partial charge in [0.2, 0.25) is 0 Å². The van der Waals surface area contributed by atoms with E-state index >= 15 is 0 Å². The van der Waals surface area contributed by atoms with Gasteiger partial charge in [-0.05, 0) is 44.0 Å². The Bertz CT molecular complexity index is 439. The van der Waals surface area contributed by atoms with E-state index in [1.165, 1.54) is 5.57 Å². The van der Waals surface area contributed by atoms with Crippen LogP contribution < -0.4 is 14.8 Å². The van der Waals surface area contributed by atoms with E-state index in [1.54, 1.807) is 7.11 Å². The Balaban J connectivity index is 2.71. The molecule has 20 heavy (non-hydrogen) atoms. The zero-order valence-corrected chi connectivity index (χ0v) is 13.3. The fourth-order valence-corrected chi connectivity index (χ4v) is 1.94. The van der Waals surface area contributed by atoms with Crippen molar-refractivity contribution in [2.75, 3.05) is 26.8 Å². The normalized spacial score (nSPS) is 11.8. The minimum absolute atomic E-state index is 0.643. The van der Waals surface area contributed by atoms with Crippen LogP contribution in [0.4, 0.5) is 0 Å². The molecule has 1 rings (SSSR count). The molecule has 1 aromatic carbocycles. The summed E-state index contributed by atoms with van der Waals surface area (Å²) in [6, 6.07) is 6.03. The van der Waals surface area contributed by atoms with Crippen molar-refractivity contribution in [2.45, 2.75) is 27.7 Å². The first-order valence-corrected chi connectivity index (χ1v) is 7.25. The third-order valence-corrected chi connectivity index (χ3v) is 2.86. The Hall–Kier alpha value is -1.48. The van der Waals surface area contributed by atoms with Crippen LogP contribution in [-0.4, -0.2) is 26.8 Å². The number of nitrogens with one attached hydrogen (secondary N) is 1. The van der Waals surface area contributed by atoms with Crippen molar-refractivity contribution < 1.29 is 9.47 Å². The van der Waals surface area contributed by atoms with Gasteiger partial charge in [0, 0.05) is 6.54 Å². The van der Waals surface area contributed by atoms with Crippen molar-refractivity contribution in [3.05, 3.63) is 29.3 Å². The van der Waals surface area contributed by atoms with E-state index < -0.39 is 0 Å². The first-order valence-electron chi connectivity index (χ1n) is 7.25. The SMILES string of the molecule is CCOc1ccc(C=C(C)CNCC(C)C)cc1OC. The summed E-state index contributed by atoms with van der Waals surface area (Å²) in [6.07, 6.45) is 2.17. The van der Waals surface area contributed by atoms with Gasteiger partial charge in [0.1, 0.15) is 0 Å². The summed E-state index contributed by atoms with van der Waals surface area (Å²) in [5.41, 5.74) is 2.44. The van der Waals surface area contributed by atoms with Crippen molar-refractivity contribution in [1.82, 2.24) is 5.32 Å². The zero-order valence-electron chi connectivity index (χ0n) is 13.3. The van der Waals surface area contributed by atoms with E-state index in [0.29, 0.717) is 12.5 Å². The molecule has 0 heterocycles. The number of methoxy groups -OCH3 is 1. The fourth-order valence-electron chi connectivity index (χ4n) is 1.94. The molecule has 0 saturated carbocycles. The topological polar surface area (TPSA) is 30.5 Å². The molecule has 0 aliphatic heterocycles. The molecule has 0 amide bonds. The molecular weight excluding hydrogens is 250 g/mol. The van der Waals surface area contributed by atoms with Crippen molar-refractivity contribution in [2.24, 2.45) is 5.92 Å². The maximum Gasteiger partial charge on any atom is 0.161 e. The molecule has 0 radical (unpaired) electrons. The van der Waals surface area contributed by atoms with E-state index in [4.69, 9.17) is 9.47 Å². The Labute approximate surface area is 123 Å². The van der Waals surface area contributed by atoms with Crippen molar-refractivity contribution in [1.29, 1.82) is 0 Å². The Morgan fingerprint density at radius 2 is 2.05 bits per heavy atom. The highest BCUT2D eigenvalue weighted by molar-refractivity contribution is 5.58. The van der Waals surface area contributed by atoms with Gasteiger partial charge in [0.25, 0.3) is 0 Å². The summed E-state index contributed by atoms with van der Waals surface area (Å²) < 4.78 is 10.9. The maximum atomic E-state index is 5.52. The van der Waals surface area contributed by atoms with Gasteiger partial charge in [-0.2, -0.15) is 0 Å². The average molecular weight is 277 g/mol. The lowest BCUT2D eigenvalue weighted by atomic mass is 10.1. The van der Waals surface area contributed by atoms with Crippen LogP contribution in [0.3, 0.4) is 0 Å². The van der Waals surface area contributed by atoms with Gasteiger partial charge in [-0.3, -0.25) is 0 Å². The summed E-state index contributed by atoms with van der Waals surface area (Å²) in [5.74, 6) is 2.25. The molecule has 112 valence electrons. The molecule has 1 N–H and O–H groups in total. The van der Waals surface area contributed by atoms with Gasteiger partial charge in [-0.1, -0.05) is 31.6 Å². The largest absolute Gasteiger partial charge is 0.493 e. The lowest BCUT2D eigenvalue weighted by molar-refractivity contribution is 0.311. The second kappa shape index (κ2) is 8.64. The van der Waals surface area contributed by atoms with E-state index in [9.17, 15) is 0 Å². The molecule has 0 bridgehead atoms. The smallest absolute Gasteiger partial charge is 0.161 e. The van der Waals surface area contributed by atoms with Gasteiger partial charge in [-0.15, -0.1) is 0 Å². The van der Waals surface area contributed by atoms with E-state index in [0.717, 1.165) is 30.2 Å². The van der Waals surface area contributed by atoms with E-state index in [-0.39, 0.29) is 0 Å². The number of hydrogen-bond donors (Lipinski definition) is 1. The number of rotatable bonds is 8. The highest BCUT2D eigenvalue weighted by Crippen LogP contribution is 2.28. The predicted octanol–water partition coefficient (Wildman–Crippen LogP) is 3.74. The molecule has 0 fully saturated rings. The first-order chi connectivity index (χ1) is 9.56. The van der Waals surface area contributed by atoms with Gasteiger partial charge < -0.3 is 14.8 Å². The van der Waals surface area contributed by atoms with Crippen LogP contribution >= 0.6 is 0 Å². The highest BCUT2D eigenvalue weighted by atomic mass is 16.5. The lowest BCUT2D eigenvalue weighted by Crippen LogP contribution is -2.21. The van der Waals surface area contributed by atoms with Crippen LogP contribution in [0.2, 0.25) is 0 Å². The van der Waals surface area contributed by atoms with E-state index in [2.05, 4.69) is 38.2 Å². The second-order valence-corrected chi connectivity index (χ2v) is 5.36. The van der Waals surface area contributed by atoms with Gasteiger partial charge in [-0.25, -0.2) is 0 Å². The Morgan fingerprint density at radius 1 is 1.30 bits per heavy atom.